The van der Waals surface area contributed by atoms with E-state index in [2.05, 4.69) is 4.99 Å². The van der Waals surface area contributed by atoms with Gasteiger partial charge in [0.05, 0.1) is 6.61 Å². The molecular weight excluding hydrogens is 202 g/mol. The number of aliphatic hydroxyl groups is 1. The van der Waals surface area contributed by atoms with Crippen molar-refractivity contribution in [2.45, 2.75) is 12.5 Å². The fourth-order valence-electron chi connectivity index (χ4n) is 1.46. The number of benzene rings is 1. The predicted octanol–water partition coefficient (Wildman–Crippen LogP) is 1.88. The highest BCUT2D eigenvalue weighted by molar-refractivity contribution is 5.93. The van der Waals surface area contributed by atoms with Crippen LogP contribution in [0.4, 0.5) is 0 Å². The lowest BCUT2D eigenvalue weighted by molar-refractivity contribution is 0.170. The Kier molecular flexibility index (Phi) is 3.06. The molecule has 0 bridgehead atoms. The molecule has 0 radical (unpaired) electrons. The Morgan fingerprint density at radius 3 is 2.75 bits per heavy atom. The molecule has 0 saturated carbocycles. The van der Waals surface area contributed by atoms with Crippen molar-refractivity contribution in [3.63, 3.8) is 0 Å². The summed E-state index contributed by atoms with van der Waals surface area (Å²) in [5, 5.41) is 9.12. The maximum Gasteiger partial charge on any atom is 0.209 e. The van der Waals surface area contributed by atoms with E-state index in [1.54, 1.807) is 0 Å². The quantitative estimate of drug-likeness (QED) is 0.840. The first-order valence-electron chi connectivity index (χ1n) is 5.28. The molecule has 3 heteroatoms. The second-order valence-electron chi connectivity index (χ2n) is 4.14. The van der Waals surface area contributed by atoms with Crippen LogP contribution in [0.5, 0.6) is 0 Å². The molecule has 1 aromatic rings. The van der Waals surface area contributed by atoms with E-state index in [0.717, 1.165) is 5.56 Å². The smallest absolute Gasteiger partial charge is 0.209 e. The minimum Gasteiger partial charge on any atom is -0.475 e. The van der Waals surface area contributed by atoms with E-state index in [0.29, 0.717) is 12.5 Å². The van der Waals surface area contributed by atoms with E-state index in [9.17, 15) is 0 Å². The zero-order chi connectivity index (χ0) is 11.4. The SMILES string of the molecule is CC1(CO)COC(/C=C/c2ccccc2)=N1. The van der Waals surface area contributed by atoms with Gasteiger partial charge < -0.3 is 9.84 Å². The summed E-state index contributed by atoms with van der Waals surface area (Å²) < 4.78 is 5.38. The highest BCUT2D eigenvalue weighted by atomic mass is 16.5. The topological polar surface area (TPSA) is 41.8 Å². The van der Waals surface area contributed by atoms with E-state index in [4.69, 9.17) is 9.84 Å². The fourth-order valence-corrected chi connectivity index (χ4v) is 1.46. The number of rotatable bonds is 3. The molecule has 0 aromatic heterocycles. The van der Waals surface area contributed by atoms with E-state index in [-0.39, 0.29) is 6.61 Å². The van der Waals surface area contributed by atoms with Gasteiger partial charge in [-0.15, -0.1) is 0 Å². The maximum absolute atomic E-state index is 9.12. The van der Waals surface area contributed by atoms with E-state index in [1.165, 1.54) is 0 Å². The Morgan fingerprint density at radius 1 is 1.38 bits per heavy atom. The molecule has 1 aliphatic heterocycles. The van der Waals surface area contributed by atoms with Gasteiger partial charge in [0.25, 0.3) is 0 Å². The van der Waals surface area contributed by atoms with E-state index < -0.39 is 5.54 Å². The minimum absolute atomic E-state index is 0.00960. The van der Waals surface area contributed by atoms with Crippen LogP contribution < -0.4 is 0 Å². The Labute approximate surface area is 95.1 Å². The van der Waals surface area contributed by atoms with Crippen LogP contribution in [-0.2, 0) is 4.74 Å². The van der Waals surface area contributed by atoms with Crippen molar-refractivity contribution in [1.82, 2.24) is 0 Å². The molecule has 2 rings (SSSR count). The summed E-state index contributed by atoms with van der Waals surface area (Å²) in [6, 6.07) is 9.96. The summed E-state index contributed by atoms with van der Waals surface area (Å²) in [5.41, 5.74) is 0.627. The van der Waals surface area contributed by atoms with Crippen molar-refractivity contribution in [2.75, 3.05) is 13.2 Å². The third-order valence-electron chi connectivity index (χ3n) is 2.47. The molecule has 0 fully saturated rings. The molecule has 0 amide bonds. The largest absolute Gasteiger partial charge is 0.475 e. The molecule has 1 N–H and O–H groups in total. The number of ether oxygens (including phenoxy) is 1. The summed E-state index contributed by atoms with van der Waals surface area (Å²) in [6.45, 7) is 2.32. The first-order chi connectivity index (χ1) is 7.72. The van der Waals surface area contributed by atoms with Crippen LogP contribution in [0.3, 0.4) is 0 Å². The Morgan fingerprint density at radius 2 is 2.12 bits per heavy atom. The second kappa shape index (κ2) is 4.49. The Bertz CT molecular complexity index is 411. The van der Waals surface area contributed by atoms with Gasteiger partial charge in [0, 0.05) is 6.08 Å². The lowest BCUT2D eigenvalue weighted by atomic mass is 10.1. The number of aliphatic imine (C=N–C) groups is 1. The van der Waals surface area contributed by atoms with Crippen LogP contribution in [0, 0.1) is 0 Å². The van der Waals surface area contributed by atoms with Gasteiger partial charge in [-0.3, -0.25) is 0 Å². The van der Waals surface area contributed by atoms with Gasteiger partial charge in [-0.1, -0.05) is 30.3 Å². The van der Waals surface area contributed by atoms with E-state index >= 15 is 0 Å². The molecule has 1 heterocycles. The molecule has 16 heavy (non-hydrogen) atoms. The maximum atomic E-state index is 9.12. The van der Waals surface area contributed by atoms with Crippen LogP contribution >= 0.6 is 0 Å². The summed E-state index contributed by atoms with van der Waals surface area (Å²) in [6.07, 6.45) is 3.78. The summed E-state index contributed by atoms with van der Waals surface area (Å²) >= 11 is 0. The molecular formula is C13H15NO2. The zero-order valence-electron chi connectivity index (χ0n) is 9.26. The van der Waals surface area contributed by atoms with Crippen molar-refractivity contribution in [1.29, 1.82) is 0 Å². The highest BCUT2D eigenvalue weighted by Gasteiger charge is 2.29. The molecule has 1 atom stereocenters. The van der Waals surface area contributed by atoms with Crippen molar-refractivity contribution in [2.24, 2.45) is 4.99 Å². The Balaban J connectivity index is 2.07. The minimum atomic E-state index is -0.476. The lowest BCUT2D eigenvalue weighted by Crippen LogP contribution is -2.28. The van der Waals surface area contributed by atoms with Crippen molar-refractivity contribution < 1.29 is 9.84 Å². The van der Waals surface area contributed by atoms with Gasteiger partial charge in [0.15, 0.2) is 0 Å². The highest BCUT2D eigenvalue weighted by Crippen LogP contribution is 2.18. The number of aliphatic hydroxyl groups excluding tert-OH is 1. The van der Waals surface area contributed by atoms with Crippen LogP contribution in [0.2, 0.25) is 0 Å². The fraction of sp³-hybridized carbons (Fsp3) is 0.308. The third kappa shape index (κ3) is 2.49. The monoisotopic (exact) mass is 217 g/mol. The van der Waals surface area contributed by atoms with Crippen LogP contribution in [-0.4, -0.2) is 29.8 Å². The van der Waals surface area contributed by atoms with Crippen LogP contribution in [0.1, 0.15) is 12.5 Å². The lowest BCUT2D eigenvalue weighted by Gasteiger charge is -2.12. The molecule has 1 aliphatic rings. The van der Waals surface area contributed by atoms with Gasteiger partial charge in [-0.25, -0.2) is 4.99 Å². The number of hydrogen-bond donors (Lipinski definition) is 1. The second-order valence-corrected chi connectivity index (χ2v) is 4.14. The first-order valence-corrected chi connectivity index (χ1v) is 5.28. The predicted molar refractivity (Wildman–Crippen MR) is 64.4 cm³/mol. The summed E-state index contributed by atoms with van der Waals surface area (Å²) in [5.74, 6) is 0.584. The van der Waals surface area contributed by atoms with Crippen molar-refractivity contribution in [3.05, 3.63) is 42.0 Å². The van der Waals surface area contributed by atoms with Gasteiger partial charge in [0.1, 0.15) is 12.1 Å². The molecule has 1 unspecified atom stereocenters. The van der Waals surface area contributed by atoms with Crippen molar-refractivity contribution in [3.8, 4) is 0 Å². The first kappa shape index (κ1) is 10.9. The van der Waals surface area contributed by atoms with Crippen molar-refractivity contribution >= 4 is 12.0 Å². The van der Waals surface area contributed by atoms with E-state index in [1.807, 2.05) is 49.4 Å². The normalized spacial score (nSPS) is 24.5. The third-order valence-corrected chi connectivity index (χ3v) is 2.47. The van der Waals surface area contributed by atoms with Gasteiger partial charge in [0.2, 0.25) is 5.90 Å². The van der Waals surface area contributed by atoms with Gasteiger partial charge in [-0.2, -0.15) is 0 Å². The summed E-state index contributed by atoms with van der Waals surface area (Å²) in [4.78, 5) is 4.31. The zero-order valence-corrected chi connectivity index (χ0v) is 9.26. The standard InChI is InChI=1S/C13H15NO2/c1-13(9-15)10-16-12(14-13)8-7-11-5-3-2-4-6-11/h2-8,15H,9-10H2,1H3/b8-7+. The number of nitrogens with zero attached hydrogens (tertiary/aromatic N) is 1. The molecule has 0 aliphatic carbocycles. The molecule has 1 aromatic carbocycles. The van der Waals surface area contributed by atoms with Gasteiger partial charge in [-0.05, 0) is 18.6 Å². The average Bonchev–Trinajstić information content (AvgIpc) is 2.71. The molecule has 84 valence electrons. The van der Waals surface area contributed by atoms with Crippen LogP contribution in [0.25, 0.3) is 6.08 Å². The van der Waals surface area contributed by atoms with Gasteiger partial charge >= 0.3 is 0 Å². The Hall–Kier alpha value is -1.61. The average molecular weight is 217 g/mol. The molecule has 0 saturated heterocycles. The molecule has 3 nitrogen and oxygen atoms in total. The van der Waals surface area contributed by atoms with Crippen LogP contribution in [0.15, 0.2) is 41.4 Å². The number of hydrogen-bond acceptors (Lipinski definition) is 3. The summed E-state index contributed by atoms with van der Waals surface area (Å²) in [7, 11) is 0. The molecule has 0 spiro atoms.